The number of thioether (sulfide) groups is 1. The van der Waals surface area contributed by atoms with Crippen LogP contribution in [0.4, 0.5) is 14.5 Å². The maximum atomic E-state index is 13.9. The van der Waals surface area contributed by atoms with Crippen LogP contribution in [0, 0.1) is 32.4 Å². The maximum Gasteiger partial charge on any atom is 0.257 e. The molecule has 0 atom stereocenters. The fourth-order valence-corrected chi connectivity index (χ4v) is 5.19. The van der Waals surface area contributed by atoms with Crippen LogP contribution in [0.2, 0.25) is 0 Å². The summed E-state index contributed by atoms with van der Waals surface area (Å²) in [5, 5.41) is 6.60. The van der Waals surface area contributed by atoms with E-state index in [1.807, 2.05) is 67.9 Å². The third-order valence-electron chi connectivity index (χ3n) is 5.88. The van der Waals surface area contributed by atoms with E-state index in [4.69, 9.17) is 0 Å². The first-order valence-electron chi connectivity index (χ1n) is 11.5. The molecule has 2 amide bonds. The van der Waals surface area contributed by atoms with Gasteiger partial charge in [-0.05, 0) is 50.1 Å². The van der Waals surface area contributed by atoms with Crippen LogP contribution in [-0.2, 0) is 11.3 Å². The van der Waals surface area contributed by atoms with Gasteiger partial charge in [0.05, 0.1) is 5.75 Å². The van der Waals surface area contributed by atoms with Crippen LogP contribution in [0.5, 0.6) is 0 Å². The summed E-state index contributed by atoms with van der Waals surface area (Å²) in [4.78, 5) is 25.9. The highest BCUT2D eigenvalue weighted by atomic mass is 32.2. The van der Waals surface area contributed by atoms with Crippen LogP contribution in [0.1, 0.15) is 27.0 Å². The molecule has 1 aromatic heterocycles. The number of carbonyl (C=O) groups is 2. The van der Waals surface area contributed by atoms with Crippen molar-refractivity contribution in [1.82, 2.24) is 9.88 Å². The first kappa shape index (κ1) is 25.4. The highest BCUT2D eigenvalue weighted by Gasteiger charge is 2.17. The highest BCUT2D eigenvalue weighted by molar-refractivity contribution is 8.00. The second-order valence-electron chi connectivity index (χ2n) is 8.67. The number of anilines is 1. The number of nitrogens with one attached hydrogen (secondary N) is 2. The summed E-state index contributed by atoms with van der Waals surface area (Å²) in [6, 6.07) is 15.2. The molecule has 0 spiro atoms. The van der Waals surface area contributed by atoms with Gasteiger partial charge in [-0.3, -0.25) is 9.59 Å². The Hall–Kier alpha value is -3.65. The Morgan fingerprint density at radius 3 is 2.31 bits per heavy atom. The maximum absolute atomic E-state index is 13.9. The molecule has 186 valence electrons. The van der Waals surface area contributed by atoms with E-state index in [0.717, 1.165) is 50.3 Å². The van der Waals surface area contributed by atoms with Gasteiger partial charge in [0.2, 0.25) is 5.91 Å². The SMILES string of the molecule is Cc1cc(C)c(NC(=O)CSc2cn(CCNC(=O)c3c(F)cccc3F)c3ccccc23)c(C)c1. The topological polar surface area (TPSA) is 63.1 Å². The third kappa shape index (κ3) is 5.60. The van der Waals surface area contributed by atoms with Crippen molar-refractivity contribution in [1.29, 1.82) is 0 Å². The lowest BCUT2D eigenvalue weighted by atomic mass is 10.1. The molecule has 0 unspecified atom stereocenters. The number of amides is 2. The molecule has 0 bridgehead atoms. The number of hydrogen-bond donors (Lipinski definition) is 2. The number of hydrogen-bond acceptors (Lipinski definition) is 3. The Morgan fingerprint density at radius 1 is 0.944 bits per heavy atom. The van der Waals surface area contributed by atoms with Gasteiger partial charge < -0.3 is 15.2 Å². The molecule has 36 heavy (non-hydrogen) atoms. The molecule has 0 aliphatic heterocycles. The van der Waals surface area contributed by atoms with Gasteiger partial charge >= 0.3 is 0 Å². The Bertz CT molecular complexity index is 1410. The van der Waals surface area contributed by atoms with Crippen molar-refractivity contribution >= 4 is 40.2 Å². The number of nitrogens with zero attached hydrogens (tertiary/aromatic N) is 1. The first-order valence-corrected chi connectivity index (χ1v) is 12.5. The number of benzene rings is 3. The van der Waals surface area contributed by atoms with Crippen molar-refractivity contribution in [3.8, 4) is 0 Å². The normalized spacial score (nSPS) is 11.0. The molecular formula is C28H27F2N3O2S. The summed E-state index contributed by atoms with van der Waals surface area (Å²) in [6.45, 7) is 6.57. The minimum atomic E-state index is -0.896. The van der Waals surface area contributed by atoms with Crippen LogP contribution >= 0.6 is 11.8 Å². The van der Waals surface area contributed by atoms with E-state index in [0.29, 0.717) is 6.54 Å². The number of para-hydroxylation sites is 1. The Balaban J connectivity index is 1.42. The average Bonchev–Trinajstić information content (AvgIpc) is 3.18. The molecule has 0 aliphatic rings. The molecule has 3 aromatic carbocycles. The van der Waals surface area contributed by atoms with E-state index in [2.05, 4.69) is 10.6 Å². The van der Waals surface area contributed by atoms with E-state index in [9.17, 15) is 18.4 Å². The summed E-state index contributed by atoms with van der Waals surface area (Å²) >= 11 is 1.43. The summed E-state index contributed by atoms with van der Waals surface area (Å²) in [5.41, 5.74) is 4.41. The Morgan fingerprint density at radius 2 is 1.61 bits per heavy atom. The molecule has 0 aliphatic carbocycles. The number of carbonyl (C=O) groups excluding carboxylic acids is 2. The van der Waals surface area contributed by atoms with Gasteiger partial charge in [-0.1, -0.05) is 42.0 Å². The smallest absolute Gasteiger partial charge is 0.257 e. The second-order valence-corrected chi connectivity index (χ2v) is 9.68. The number of halogens is 2. The van der Waals surface area contributed by atoms with Gasteiger partial charge in [-0.2, -0.15) is 0 Å². The van der Waals surface area contributed by atoms with Crippen LogP contribution in [0.15, 0.2) is 65.7 Å². The zero-order valence-electron chi connectivity index (χ0n) is 20.3. The highest BCUT2D eigenvalue weighted by Crippen LogP contribution is 2.30. The minimum Gasteiger partial charge on any atom is -0.350 e. The summed E-state index contributed by atoms with van der Waals surface area (Å²) in [7, 11) is 0. The van der Waals surface area contributed by atoms with Gasteiger partial charge in [0.1, 0.15) is 17.2 Å². The first-order chi connectivity index (χ1) is 17.2. The van der Waals surface area contributed by atoms with Crippen LogP contribution in [0.25, 0.3) is 10.9 Å². The van der Waals surface area contributed by atoms with E-state index in [-0.39, 0.29) is 18.2 Å². The standard InChI is InChI=1S/C28H27F2N3O2S/c1-17-13-18(2)27(19(3)14-17)32-25(34)16-36-24-15-33(23-10-5-4-7-20(23)24)12-11-31-28(35)26-21(29)8-6-9-22(26)30/h4-10,13-15H,11-12,16H2,1-3H3,(H,31,35)(H,32,34). The van der Waals surface area contributed by atoms with E-state index < -0.39 is 23.1 Å². The van der Waals surface area contributed by atoms with Crippen molar-refractivity contribution in [2.75, 3.05) is 17.6 Å². The number of fused-ring (bicyclic) bond motifs is 1. The van der Waals surface area contributed by atoms with Crippen molar-refractivity contribution < 1.29 is 18.4 Å². The van der Waals surface area contributed by atoms with Crippen LogP contribution < -0.4 is 10.6 Å². The molecule has 5 nitrogen and oxygen atoms in total. The fourth-order valence-electron chi connectivity index (χ4n) is 4.30. The second kappa shape index (κ2) is 11.0. The quantitative estimate of drug-likeness (QED) is 0.287. The monoisotopic (exact) mass is 507 g/mol. The lowest BCUT2D eigenvalue weighted by Crippen LogP contribution is -2.28. The average molecular weight is 508 g/mol. The summed E-state index contributed by atoms with van der Waals surface area (Å²) in [6.07, 6.45) is 1.93. The third-order valence-corrected chi connectivity index (χ3v) is 6.92. The molecule has 4 aromatic rings. The number of rotatable bonds is 8. The van der Waals surface area contributed by atoms with E-state index in [1.165, 1.54) is 17.8 Å². The van der Waals surface area contributed by atoms with Gasteiger partial charge in [-0.15, -0.1) is 11.8 Å². The van der Waals surface area contributed by atoms with Gasteiger partial charge in [-0.25, -0.2) is 8.78 Å². The fraction of sp³-hybridized carbons (Fsp3) is 0.214. The lowest BCUT2D eigenvalue weighted by molar-refractivity contribution is -0.113. The molecule has 0 radical (unpaired) electrons. The van der Waals surface area contributed by atoms with Crippen molar-refractivity contribution in [3.63, 3.8) is 0 Å². The molecule has 0 saturated heterocycles. The van der Waals surface area contributed by atoms with E-state index >= 15 is 0 Å². The molecule has 8 heteroatoms. The number of aryl methyl sites for hydroxylation is 3. The minimum absolute atomic E-state index is 0.0916. The van der Waals surface area contributed by atoms with Gasteiger partial charge in [0.15, 0.2) is 0 Å². The largest absolute Gasteiger partial charge is 0.350 e. The Kier molecular flexibility index (Phi) is 7.74. The van der Waals surface area contributed by atoms with Crippen LogP contribution in [-0.4, -0.2) is 28.7 Å². The van der Waals surface area contributed by atoms with Crippen molar-refractivity contribution in [3.05, 3.63) is 94.7 Å². The lowest BCUT2D eigenvalue weighted by Gasteiger charge is -2.12. The predicted octanol–water partition coefficient (Wildman–Crippen LogP) is 6.01. The van der Waals surface area contributed by atoms with Crippen molar-refractivity contribution in [2.45, 2.75) is 32.2 Å². The molecule has 0 fully saturated rings. The van der Waals surface area contributed by atoms with E-state index in [1.54, 1.807) is 0 Å². The van der Waals surface area contributed by atoms with Crippen LogP contribution in [0.3, 0.4) is 0 Å². The Labute approximate surface area is 212 Å². The summed E-state index contributed by atoms with van der Waals surface area (Å²) in [5.74, 6) is -2.44. The van der Waals surface area contributed by atoms with Gasteiger partial charge in [0, 0.05) is 40.8 Å². The number of aromatic nitrogens is 1. The molecular weight excluding hydrogens is 480 g/mol. The summed E-state index contributed by atoms with van der Waals surface area (Å²) < 4.78 is 29.7. The molecule has 4 rings (SSSR count). The zero-order chi connectivity index (χ0) is 25.8. The zero-order valence-corrected chi connectivity index (χ0v) is 21.1. The molecule has 0 saturated carbocycles. The molecule has 1 heterocycles. The molecule has 2 N–H and O–H groups in total. The van der Waals surface area contributed by atoms with Crippen molar-refractivity contribution in [2.24, 2.45) is 0 Å². The predicted molar refractivity (Wildman–Crippen MR) is 141 cm³/mol. The van der Waals surface area contributed by atoms with Gasteiger partial charge in [0.25, 0.3) is 5.91 Å².